The lowest BCUT2D eigenvalue weighted by Crippen LogP contribution is -2.40. The van der Waals surface area contributed by atoms with Crippen molar-refractivity contribution in [2.24, 2.45) is 0 Å². The second kappa shape index (κ2) is 7.84. The summed E-state index contributed by atoms with van der Waals surface area (Å²) in [4.78, 5) is 12.3. The minimum absolute atomic E-state index is 0.0826. The van der Waals surface area contributed by atoms with Crippen molar-refractivity contribution in [2.45, 2.75) is 31.4 Å². The van der Waals surface area contributed by atoms with Crippen molar-refractivity contribution in [3.63, 3.8) is 0 Å². The van der Waals surface area contributed by atoms with E-state index in [2.05, 4.69) is 5.32 Å². The maximum absolute atomic E-state index is 13.7. The summed E-state index contributed by atoms with van der Waals surface area (Å²) < 4.78 is 19.8. The molecule has 1 heterocycles. The van der Waals surface area contributed by atoms with Crippen LogP contribution in [0.3, 0.4) is 0 Å². The number of benzene rings is 2. The molecule has 1 aliphatic heterocycles. The van der Waals surface area contributed by atoms with Gasteiger partial charge in [0.1, 0.15) is 17.2 Å². The molecule has 144 valence electrons. The van der Waals surface area contributed by atoms with E-state index in [1.165, 1.54) is 12.1 Å². The number of hydrogen-bond acceptors (Lipinski definition) is 4. The van der Waals surface area contributed by atoms with Crippen molar-refractivity contribution < 1.29 is 24.1 Å². The summed E-state index contributed by atoms with van der Waals surface area (Å²) in [6.45, 7) is 1.25. The summed E-state index contributed by atoms with van der Waals surface area (Å²) in [7, 11) is 0. The molecular formula is C20H21ClFNO4. The number of aliphatic hydroxyl groups excluding tert-OH is 2. The van der Waals surface area contributed by atoms with Crippen LogP contribution in [0, 0.1) is 5.82 Å². The number of ether oxygens (including phenoxy) is 1. The zero-order chi connectivity index (χ0) is 19.6. The number of carbonyl (C=O) groups excluding carboxylic acids is 1. The van der Waals surface area contributed by atoms with Crippen LogP contribution >= 0.6 is 11.6 Å². The van der Waals surface area contributed by atoms with Crippen LogP contribution in [0.1, 0.15) is 28.4 Å². The van der Waals surface area contributed by atoms with Gasteiger partial charge in [-0.15, -0.1) is 0 Å². The maximum atomic E-state index is 13.7. The van der Waals surface area contributed by atoms with Gasteiger partial charge < -0.3 is 20.3 Å². The third kappa shape index (κ3) is 4.40. The third-order valence-electron chi connectivity index (χ3n) is 4.58. The SMILES string of the molecule is C[C@@]1(Cc2ccc(Cl)c(F)c2)Cc2cc(C(=O)NC(CO)CO)ccc2O1. The van der Waals surface area contributed by atoms with Crippen LogP contribution in [0.25, 0.3) is 0 Å². The lowest BCUT2D eigenvalue weighted by Gasteiger charge is -2.24. The summed E-state index contributed by atoms with van der Waals surface area (Å²) in [5, 5.41) is 20.8. The van der Waals surface area contributed by atoms with Gasteiger partial charge in [-0.3, -0.25) is 4.79 Å². The van der Waals surface area contributed by atoms with Crippen LogP contribution in [-0.2, 0) is 12.8 Å². The molecule has 0 saturated carbocycles. The molecule has 2 aromatic carbocycles. The maximum Gasteiger partial charge on any atom is 0.251 e. The molecule has 7 heteroatoms. The Labute approximate surface area is 161 Å². The van der Waals surface area contributed by atoms with Crippen LogP contribution < -0.4 is 10.1 Å². The monoisotopic (exact) mass is 393 g/mol. The fourth-order valence-electron chi connectivity index (χ4n) is 3.26. The molecule has 0 fully saturated rings. The van der Waals surface area contributed by atoms with Gasteiger partial charge >= 0.3 is 0 Å². The standard InChI is InChI=1S/C20H21ClFNO4/c1-20(8-12-2-4-16(21)17(22)6-12)9-14-7-13(3-5-18(14)27-20)19(26)23-15(10-24)11-25/h2-7,15,24-25H,8-11H2,1H3,(H,23,26)/t20-/m1/s1. The number of amides is 1. The zero-order valence-electron chi connectivity index (χ0n) is 14.8. The summed E-state index contributed by atoms with van der Waals surface area (Å²) in [5.41, 5.74) is 1.52. The highest BCUT2D eigenvalue weighted by molar-refractivity contribution is 6.30. The fourth-order valence-corrected chi connectivity index (χ4v) is 3.38. The number of fused-ring (bicyclic) bond motifs is 1. The molecule has 0 radical (unpaired) electrons. The average Bonchev–Trinajstić information content (AvgIpc) is 2.97. The Kier molecular flexibility index (Phi) is 5.69. The number of rotatable bonds is 6. The molecule has 0 bridgehead atoms. The van der Waals surface area contributed by atoms with E-state index in [-0.39, 0.29) is 24.1 Å². The summed E-state index contributed by atoms with van der Waals surface area (Å²) in [5.74, 6) is -0.154. The minimum Gasteiger partial charge on any atom is -0.487 e. The van der Waals surface area contributed by atoms with Crippen LogP contribution in [0.5, 0.6) is 5.75 Å². The molecule has 1 aliphatic rings. The van der Waals surface area contributed by atoms with Gasteiger partial charge in [-0.1, -0.05) is 17.7 Å². The smallest absolute Gasteiger partial charge is 0.251 e. The van der Waals surface area contributed by atoms with E-state index in [9.17, 15) is 9.18 Å². The van der Waals surface area contributed by atoms with Crippen molar-refractivity contribution in [2.75, 3.05) is 13.2 Å². The van der Waals surface area contributed by atoms with Crippen LogP contribution in [0.2, 0.25) is 5.02 Å². The van der Waals surface area contributed by atoms with E-state index in [0.29, 0.717) is 24.2 Å². The van der Waals surface area contributed by atoms with E-state index in [0.717, 1.165) is 11.1 Å². The quantitative estimate of drug-likeness (QED) is 0.704. The predicted molar refractivity (Wildman–Crippen MR) is 99.7 cm³/mol. The minimum atomic E-state index is -0.702. The second-order valence-electron chi connectivity index (χ2n) is 7.01. The Hall–Kier alpha value is -2.15. The summed E-state index contributed by atoms with van der Waals surface area (Å²) >= 11 is 5.73. The topological polar surface area (TPSA) is 78.8 Å². The molecule has 1 amide bonds. The largest absolute Gasteiger partial charge is 0.487 e. The molecule has 0 aliphatic carbocycles. The summed E-state index contributed by atoms with van der Waals surface area (Å²) in [6.07, 6.45) is 1.06. The van der Waals surface area contributed by atoms with Crippen molar-refractivity contribution in [1.29, 1.82) is 0 Å². The Morgan fingerprint density at radius 1 is 1.30 bits per heavy atom. The third-order valence-corrected chi connectivity index (χ3v) is 4.89. The van der Waals surface area contributed by atoms with E-state index in [1.807, 2.05) is 6.92 Å². The molecule has 27 heavy (non-hydrogen) atoms. The number of carbonyl (C=O) groups is 1. The van der Waals surface area contributed by atoms with Crippen molar-refractivity contribution >= 4 is 17.5 Å². The number of aliphatic hydroxyl groups is 2. The molecule has 2 aromatic rings. The molecule has 0 aromatic heterocycles. The first kappa shape index (κ1) is 19.6. The molecular weight excluding hydrogens is 373 g/mol. The fraction of sp³-hybridized carbons (Fsp3) is 0.350. The first-order chi connectivity index (χ1) is 12.8. The number of hydrogen-bond donors (Lipinski definition) is 3. The Morgan fingerprint density at radius 2 is 2.04 bits per heavy atom. The Morgan fingerprint density at radius 3 is 2.70 bits per heavy atom. The first-order valence-electron chi connectivity index (χ1n) is 8.62. The van der Waals surface area contributed by atoms with Gasteiger partial charge in [-0.25, -0.2) is 4.39 Å². The van der Waals surface area contributed by atoms with Gasteiger partial charge in [0.2, 0.25) is 0 Å². The van der Waals surface area contributed by atoms with Crippen molar-refractivity contribution in [3.8, 4) is 5.75 Å². The summed E-state index contributed by atoms with van der Waals surface area (Å²) in [6, 6.07) is 9.10. The predicted octanol–water partition coefficient (Wildman–Crippen LogP) is 2.50. The molecule has 3 rings (SSSR count). The van der Waals surface area contributed by atoms with Gasteiger partial charge in [0, 0.05) is 18.4 Å². The van der Waals surface area contributed by atoms with Crippen molar-refractivity contribution in [1.82, 2.24) is 5.32 Å². The van der Waals surface area contributed by atoms with Gasteiger partial charge in [0.25, 0.3) is 5.91 Å². The molecule has 5 nitrogen and oxygen atoms in total. The second-order valence-corrected chi connectivity index (χ2v) is 7.42. The number of nitrogens with one attached hydrogen (secondary N) is 1. The lowest BCUT2D eigenvalue weighted by atomic mass is 9.91. The molecule has 0 spiro atoms. The van der Waals surface area contributed by atoms with Crippen LogP contribution in [0.4, 0.5) is 4.39 Å². The highest BCUT2D eigenvalue weighted by Crippen LogP contribution is 2.37. The Balaban J connectivity index is 1.74. The first-order valence-corrected chi connectivity index (χ1v) is 9.00. The normalized spacial score (nSPS) is 18.3. The zero-order valence-corrected chi connectivity index (χ0v) is 15.6. The Bertz CT molecular complexity index is 856. The van der Waals surface area contributed by atoms with E-state index in [1.54, 1.807) is 24.3 Å². The van der Waals surface area contributed by atoms with Gasteiger partial charge in [-0.05, 0) is 48.4 Å². The van der Waals surface area contributed by atoms with E-state index in [4.69, 9.17) is 26.6 Å². The number of halogens is 2. The van der Waals surface area contributed by atoms with E-state index < -0.39 is 17.5 Å². The van der Waals surface area contributed by atoms with E-state index >= 15 is 0 Å². The van der Waals surface area contributed by atoms with Crippen molar-refractivity contribution in [3.05, 3.63) is 63.9 Å². The van der Waals surface area contributed by atoms with Gasteiger partial charge in [0.15, 0.2) is 0 Å². The molecule has 0 saturated heterocycles. The molecule has 3 N–H and O–H groups in total. The highest BCUT2D eigenvalue weighted by Gasteiger charge is 2.35. The lowest BCUT2D eigenvalue weighted by molar-refractivity contribution is 0.0879. The van der Waals surface area contributed by atoms with Crippen LogP contribution in [-0.4, -0.2) is 41.0 Å². The van der Waals surface area contributed by atoms with Gasteiger partial charge in [-0.2, -0.15) is 0 Å². The average molecular weight is 394 g/mol. The highest BCUT2D eigenvalue weighted by atomic mass is 35.5. The van der Waals surface area contributed by atoms with Gasteiger partial charge in [0.05, 0.1) is 24.3 Å². The van der Waals surface area contributed by atoms with Crippen LogP contribution in [0.15, 0.2) is 36.4 Å². The molecule has 0 unspecified atom stereocenters. The molecule has 1 atom stereocenters.